The lowest BCUT2D eigenvalue weighted by Gasteiger charge is -2.30. The first-order valence-electron chi connectivity index (χ1n) is 8.80. The van der Waals surface area contributed by atoms with Gasteiger partial charge in [0.05, 0.1) is 0 Å². The lowest BCUT2D eigenvalue weighted by atomic mass is 9.96. The minimum atomic E-state index is 0.0506. The Hall–Kier alpha value is -2.33. The highest BCUT2D eigenvalue weighted by molar-refractivity contribution is 6.09. The molecule has 4 nitrogen and oxygen atoms in total. The van der Waals surface area contributed by atoms with Gasteiger partial charge in [-0.1, -0.05) is 18.2 Å². The van der Waals surface area contributed by atoms with Gasteiger partial charge in [0, 0.05) is 46.5 Å². The van der Waals surface area contributed by atoms with Gasteiger partial charge in [-0.2, -0.15) is 0 Å². The number of para-hydroxylation sites is 1. The number of hydrogen-bond acceptors (Lipinski definition) is 2. The number of carbonyl (C=O) groups excluding carboxylic acids is 1. The van der Waals surface area contributed by atoms with Gasteiger partial charge in [-0.15, -0.1) is 0 Å². The molecule has 2 N–H and O–H groups in total. The SMILES string of the molecule is O=C(N[C@@H]1C[C@H]2CCN(C2)C1)c1ccc2[nH]c3ccccc3c2c1. The minimum Gasteiger partial charge on any atom is -0.355 e. The molecule has 1 amide bonds. The summed E-state index contributed by atoms with van der Waals surface area (Å²) in [5.74, 6) is 0.815. The third-order valence-corrected chi connectivity index (χ3v) is 5.57. The molecule has 4 heteroatoms. The van der Waals surface area contributed by atoms with E-state index in [9.17, 15) is 4.79 Å². The van der Waals surface area contributed by atoms with Gasteiger partial charge in [0.1, 0.15) is 0 Å². The van der Waals surface area contributed by atoms with Crippen LogP contribution in [0.5, 0.6) is 0 Å². The van der Waals surface area contributed by atoms with Gasteiger partial charge < -0.3 is 15.2 Å². The summed E-state index contributed by atoms with van der Waals surface area (Å²) in [7, 11) is 0. The highest BCUT2D eigenvalue weighted by atomic mass is 16.1. The Kier molecular flexibility index (Phi) is 3.13. The van der Waals surface area contributed by atoms with E-state index in [1.807, 2.05) is 30.3 Å². The Bertz CT molecular complexity index is 917. The Balaban J connectivity index is 1.43. The normalized spacial score (nSPS) is 26.1. The van der Waals surface area contributed by atoms with Gasteiger partial charge in [0.25, 0.3) is 5.91 Å². The van der Waals surface area contributed by atoms with Crippen LogP contribution in [0.15, 0.2) is 42.5 Å². The van der Waals surface area contributed by atoms with E-state index < -0.39 is 0 Å². The maximum atomic E-state index is 12.7. The van der Waals surface area contributed by atoms with Gasteiger partial charge >= 0.3 is 0 Å². The third kappa shape index (κ3) is 2.29. The van der Waals surface area contributed by atoms with Crippen molar-refractivity contribution in [2.75, 3.05) is 19.6 Å². The summed E-state index contributed by atoms with van der Waals surface area (Å²) in [6.45, 7) is 3.41. The van der Waals surface area contributed by atoms with Crippen LogP contribution >= 0.6 is 0 Å². The number of hydrogen-bond donors (Lipinski definition) is 2. The number of benzene rings is 2. The molecule has 2 saturated heterocycles. The highest BCUT2D eigenvalue weighted by Gasteiger charge is 2.32. The Morgan fingerprint density at radius 2 is 1.96 bits per heavy atom. The number of rotatable bonds is 2. The standard InChI is InChI=1S/C20H21N3O/c24-20(21-15-9-13-7-8-23(11-13)12-15)14-5-6-19-17(10-14)16-3-1-2-4-18(16)22-19/h1-6,10,13,15,22H,7-9,11-12H2,(H,21,24)/t13-,15-/m1/s1. The van der Waals surface area contributed by atoms with Crippen LogP contribution < -0.4 is 5.32 Å². The first-order valence-corrected chi connectivity index (χ1v) is 8.80. The molecule has 0 spiro atoms. The molecule has 5 rings (SSSR count). The molecule has 1 unspecified atom stereocenters. The zero-order chi connectivity index (χ0) is 16.1. The molecular weight excluding hydrogens is 298 g/mol. The molecule has 2 aliphatic rings. The number of fused-ring (bicyclic) bond motifs is 5. The molecule has 122 valence electrons. The van der Waals surface area contributed by atoms with Crippen molar-refractivity contribution in [2.24, 2.45) is 5.92 Å². The van der Waals surface area contributed by atoms with E-state index in [1.165, 1.54) is 24.9 Å². The van der Waals surface area contributed by atoms with Crippen LogP contribution in [0.1, 0.15) is 23.2 Å². The molecule has 3 heterocycles. The number of aromatic nitrogens is 1. The number of H-pyrrole nitrogens is 1. The van der Waals surface area contributed by atoms with Crippen LogP contribution in [0.3, 0.4) is 0 Å². The quantitative estimate of drug-likeness (QED) is 0.762. The van der Waals surface area contributed by atoms with Crippen LogP contribution in [-0.2, 0) is 0 Å². The van der Waals surface area contributed by atoms with Gasteiger partial charge in [-0.05, 0) is 49.6 Å². The van der Waals surface area contributed by atoms with E-state index in [1.54, 1.807) is 0 Å². The third-order valence-electron chi connectivity index (χ3n) is 5.57. The van der Waals surface area contributed by atoms with Crippen molar-refractivity contribution in [1.82, 2.24) is 15.2 Å². The van der Waals surface area contributed by atoms with Crippen molar-refractivity contribution in [3.8, 4) is 0 Å². The highest BCUT2D eigenvalue weighted by Crippen LogP contribution is 2.28. The fourth-order valence-electron chi connectivity index (χ4n) is 4.42. The molecule has 2 aliphatic heterocycles. The molecule has 0 saturated carbocycles. The maximum Gasteiger partial charge on any atom is 0.251 e. The summed E-state index contributed by atoms with van der Waals surface area (Å²) in [5, 5.41) is 5.54. The summed E-state index contributed by atoms with van der Waals surface area (Å²) in [6, 6.07) is 14.5. The Labute approximate surface area is 140 Å². The lowest BCUT2D eigenvalue weighted by Crippen LogP contribution is -2.47. The van der Waals surface area contributed by atoms with E-state index in [0.717, 1.165) is 40.9 Å². The van der Waals surface area contributed by atoms with E-state index >= 15 is 0 Å². The molecule has 1 aromatic heterocycles. The summed E-state index contributed by atoms with van der Waals surface area (Å²) < 4.78 is 0. The molecule has 2 bridgehead atoms. The van der Waals surface area contributed by atoms with Crippen molar-refractivity contribution in [3.63, 3.8) is 0 Å². The predicted octanol–water partition coefficient (Wildman–Crippen LogP) is 3.15. The second kappa shape index (κ2) is 5.35. The van der Waals surface area contributed by atoms with Crippen molar-refractivity contribution in [1.29, 1.82) is 0 Å². The molecular formula is C20H21N3O. The Morgan fingerprint density at radius 1 is 1.08 bits per heavy atom. The second-order valence-electron chi connectivity index (χ2n) is 7.25. The van der Waals surface area contributed by atoms with Crippen LogP contribution in [0.25, 0.3) is 21.8 Å². The average molecular weight is 319 g/mol. The van der Waals surface area contributed by atoms with E-state index in [2.05, 4.69) is 27.3 Å². The van der Waals surface area contributed by atoms with Gasteiger partial charge in [-0.3, -0.25) is 4.79 Å². The van der Waals surface area contributed by atoms with Crippen LogP contribution in [0, 0.1) is 5.92 Å². The van der Waals surface area contributed by atoms with Crippen LogP contribution in [0.2, 0.25) is 0 Å². The van der Waals surface area contributed by atoms with Crippen LogP contribution in [-0.4, -0.2) is 41.5 Å². The zero-order valence-corrected chi connectivity index (χ0v) is 13.6. The number of nitrogens with one attached hydrogen (secondary N) is 2. The molecule has 2 aromatic carbocycles. The molecule has 0 aliphatic carbocycles. The van der Waals surface area contributed by atoms with E-state index in [4.69, 9.17) is 0 Å². The number of carbonyl (C=O) groups is 1. The minimum absolute atomic E-state index is 0.0506. The number of aromatic amines is 1. The van der Waals surface area contributed by atoms with Gasteiger partial charge in [0.2, 0.25) is 0 Å². The van der Waals surface area contributed by atoms with Gasteiger partial charge in [-0.25, -0.2) is 0 Å². The number of nitrogens with zero attached hydrogens (tertiary/aromatic N) is 1. The predicted molar refractivity (Wildman–Crippen MR) is 96.2 cm³/mol. The van der Waals surface area contributed by atoms with Crippen LogP contribution in [0.4, 0.5) is 0 Å². The van der Waals surface area contributed by atoms with Gasteiger partial charge in [0.15, 0.2) is 0 Å². The molecule has 0 radical (unpaired) electrons. The summed E-state index contributed by atoms with van der Waals surface area (Å²) in [4.78, 5) is 18.6. The first-order chi connectivity index (χ1) is 11.8. The topological polar surface area (TPSA) is 48.1 Å². The monoisotopic (exact) mass is 319 g/mol. The zero-order valence-electron chi connectivity index (χ0n) is 13.6. The molecule has 24 heavy (non-hydrogen) atoms. The molecule has 3 aromatic rings. The van der Waals surface area contributed by atoms with E-state index in [0.29, 0.717) is 0 Å². The summed E-state index contributed by atoms with van der Waals surface area (Å²) in [6.07, 6.45) is 2.41. The van der Waals surface area contributed by atoms with Crippen molar-refractivity contribution in [2.45, 2.75) is 18.9 Å². The first kappa shape index (κ1) is 14.1. The fraction of sp³-hybridized carbons (Fsp3) is 0.350. The smallest absolute Gasteiger partial charge is 0.251 e. The summed E-state index contributed by atoms with van der Waals surface area (Å²) >= 11 is 0. The lowest BCUT2D eigenvalue weighted by molar-refractivity contribution is 0.0909. The van der Waals surface area contributed by atoms with Crippen molar-refractivity contribution in [3.05, 3.63) is 48.0 Å². The van der Waals surface area contributed by atoms with Crippen molar-refractivity contribution < 1.29 is 4.79 Å². The number of amides is 1. The van der Waals surface area contributed by atoms with E-state index in [-0.39, 0.29) is 11.9 Å². The summed E-state index contributed by atoms with van der Waals surface area (Å²) in [5.41, 5.74) is 2.94. The molecule has 2 fully saturated rings. The molecule has 3 atom stereocenters. The van der Waals surface area contributed by atoms with Crippen molar-refractivity contribution >= 4 is 27.7 Å². The Morgan fingerprint density at radius 3 is 2.88 bits per heavy atom. The second-order valence-corrected chi connectivity index (χ2v) is 7.25. The number of piperidine rings is 1. The maximum absolute atomic E-state index is 12.7. The average Bonchev–Trinajstić information content (AvgIpc) is 3.14. The fourth-order valence-corrected chi connectivity index (χ4v) is 4.42. The largest absolute Gasteiger partial charge is 0.355 e.